The normalized spacial score (nSPS) is 6.89. The van der Waals surface area contributed by atoms with Crippen molar-refractivity contribution in [3.05, 3.63) is 5.96 Å². The van der Waals surface area contributed by atoms with Crippen molar-refractivity contribution >= 4 is 5.97 Å². The quantitative estimate of drug-likeness (QED) is 0.371. The maximum Gasteiger partial charge on any atom is 0.300 e. The Labute approximate surface area is 64.9 Å². The summed E-state index contributed by atoms with van der Waals surface area (Å²) in [6.45, 7) is 2.83. The van der Waals surface area contributed by atoms with Crippen LogP contribution in [0.2, 0.25) is 0 Å². The second kappa shape index (κ2) is 5.70. The third kappa shape index (κ3) is 35.6. The molecular formula is C4H7O4Zn-. The molecule has 9 heavy (non-hydrogen) atoms. The van der Waals surface area contributed by atoms with Crippen molar-refractivity contribution in [2.45, 2.75) is 13.8 Å². The zero-order valence-corrected chi connectivity index (χ0v) is 8.35. The van der Waals surface area contributed by atoms with E-state index in [0.717, 1.165) is 6.92 Å². The van der Waals surface area contributed by atoms with Crippen molar-refractivity contribution in [3.8, 4) is 0 Å². The van der Waals surface area contributed by atoms with Crippen LogP contribution in [-0.2, 0) is 24.3 Å². The van der Waals surface area contributed by atoms with E-state index in [4.69, 9.17) is 9.90 Å². The van der Waals surface area contributed by atoms with Crippen molar-refractivity contribution in [1.29, 1.82) is 0 Å². The van der Waals surface area contributed by atoms with Crippen molar-refractivity contribution in [1.82, 2.24) is 0 Å². The van der Waals surface area contributed by atoms with Gasteiger partial charge in [0.25, 0.3) is 5.97 Å². The molecule has 0 atom stereocenters. The Balaban J connectivity index is 0. The Hall–Kier alpha value is -0.437. The second-order valence-corrected chi connectivity index (χ2v) is 1.18. The molecule has 0 unspecified atom stereocenters. The number of carboxylic acids is 1. The van der Waals surface area contributed by atoms with Crippen LogP contribution in [0.5, 0.6) is 0 Å². The number of hydrogen-bond donors (Lipinski definition) is 1. The minimum Gasteiger partial charge on any atom is -0.481 e. The van der Waals surface area contributed by atoms with Crippen LogP contribution in [0.3, 0.4) is 0 Å². The minimum absolute atomic E-state index is 0. The standard InChI is InChI=1S/C2H3O2.C2H4O2.Zn/c1-2-3-4-2;1-2(3)4;/h1H3;1H3,(H,3,4);/q-1;;. The van der Waals surface area contributed by atoms with Crippen LogP contribution in [0.25, 0.3) is 0 Å². The summed E-state index contributed by atoms with van der Waals surface area (Å²) in [6, 6.07) is 0. The molecule has 1 rings (SSSR count). The van der Waals surface area contributed by atoms with E-state index in [2.05, 4.69) is 9.15 Å². The van der Waals surface area contributed by atoms with E-state index in [9.17, 15) is 0 Å². The van der Waals surface area contributed by atoms with Crippen LogP contribution in [-0.4, -0.2) is 11.1 Å². The summed E-state index contributed by atoms with van der Waals surface area (Å²) in [4.78, 5) is 9.00. The largest absolute Gasteiger partial charge is 0.481 e. The molecule has 1 aromatic rings. The van der Waals surface area contributed by atoms with E-state index >= 15 is 0 Å². The number of rotatable bonds is 0. The van der Waals surface area contributed by atoms with Gasteiger partial charge in [-0.15, -0.1) is 6.92 Å². The van der Waals surface area contributed by atoms with Crippen molar-refractivity contribution in [2.75, 3.05) is 0 Å². The fourth-order valence-electron chi connectivity index (χ4n) is 0.0417. The summed E-state index contributed by atoms with van der Waals surface area (Å²) < 4.78 is 8.25. The van der Waals surface area contributed by atoms with Gasteiger partial charge in [-0.05, 0) is 0 Å². The summed E-state index contributed by atoms with van der Waals surface area (Å²) in [5.74, 6) is -0.167. The van der Waals surface area contributed by atoms with E-state index < -0.39 is 5.97 Å². The van der Waals surface area contributed by atoms with Gasteiger partial charge >= 0.3 is 0 Å². The van der Waals surface area contributed by atoms with Crippen LogP contribution in [0.1, 0.15) is 12.9 Å². The Bertz CT molecular complexity index is 126. The molecule has 1 aromatic heterocycles. The third-order valence-electron chi connectivity index (χ3n) is 0.250. The predicted molar refractivity (Wildman–Crippen MR) is 24.6 cm³/mol. The van der Waals surface area contributed by atoms with Crippen LogP contribution < -0.4 is 0 Å². The van der Waals surface area contributed by atoms with Crippen molar-refractivity contribution < 1.29 is 38.5 Å². The molecule has 4 nitrogen and oxygen atoms in total. The van der Waals surface area contributed by atoms with Gasteiger partial charge in [-0.1, -0.05) is 0 Å². The van der Waals surface area contributed by atoms with E-state index in [0.29, 0.717) is 5.96 Å². The molecule has 50 valence electrons. The first-order valence-corrected chi connectivity index (χ1v) is 2.00. The molecule has 0 aliphatic rings. The Kier molecular flexibility index (Phi) is 7.20. The molecule has 0 radical (unpaired) electrons. The first-order valence-electron chi connectivity index (χ1n) is 2.00. The third-order valence-corrected chi connectivity index (χ3v) is 0.250. The summed E-state index contributed by atoms with van der Waals surface area (Å²) in [7, 11) is 0. The fraction of sp³-hybridized carbons (Fsp3) is 0.500. The molecule has 0 spiro atoms. The molecular weight excluding hydrogens is 177 g/mol. The molecule has 1 heterocycles. The van der Waals surface area contributed by atoms with Crippen LogP contribution in [0.15, 0.2) is 9.15 Å². The monoisotopic (exact) mass is 183 g/mol. The van der Waals surface area contributed by atoms with E-state index in [1.165, 1.54) is 0 Å². The summed E-state index contributed by atoms with van der Waals surface area (Å²) >= 11 is 0. The summed E-state index contributed by atoms with van der Waals surface area (Å²) in [6.07, 6.45) is 0. The molecule has 0 fully saturated rings. The molecule has 0 aromatic carbocycles. The minimum atomic E-state index is -0.833. The van der Waals surface area contributed by atoms with Gasteiger partial charge < -0.3 is 14.3 Å². The molecule has 0 bridgehead atoms. The number of carbonyl (C=O) groups is 1. The number of carboxylic acid groups (broad SMARTS) is 1. The molecule has 0 amide bonds. The van der Waals surface area contributed by atoms with Crippen LogP contribution in [0.4, 0.5) is 0 Å². The fourth-order valence-corrected chi connectivity index (χ4v) is 0.0417. The van der Waals surface area contributed by atoms with Gasteiger partial charge in [-0.3, -0.25) is 4.79 Å². The number of aliphatic carboxylic acids is 1. The van der Waals surface area contributed by atoms with Gasteiger partial charge in [0.1, 0.15) is 0 Å². The molecule has 0 aliphatic heterocycles. The SMILES string of the molecule is CC(=O)O.C[c-]1oo1.[Zn]. The zero-order valence-electron chi connectivity index (χ0n) is 5.38. The average Bonchev–Trinajstić information content (AvgIpc) is 2.19. The molecule has 5 heteroatoms. The van der Waals surface area contributed by atoms with Gasteiger partial charge in [0.15, 0.2) is 0 Å². The zero-order chi connectivity index (χ0) is 6.57. The van der Waals surface area contributed by atoms with E-state index in [1.807, 2.05) is 0 Å². The van der Waals surface area contributed by atoms with E-state index in [-0.39, 0.29) is 19.5 Å². The Morgan fingerprint density at radius 1 is 1.56 bits per heavy atom. The van der Waals surface area contributed by atoms with Gasteiger partial charge in [-0.25, -0.2) is 0 Å². The molecule has 0 saturated heterocycles. The van der Waals surface area contributed by atoms with Crippen LogP contribution in [0, 0.1) is 6.92 Å². The van der Waals surface area contributed by atoms with E-state index in [1.54, 1.807) is 6.92 Å². The average molecular weight is 184 g/mol. The van der Waals surface area contributed by atoms with Crippen LogP contribution >= 0.6 is 0 Å². The topological polar surface area (TPSA) is 63.6 Å². The Morgan fingerprint density at radius 2 is 1.67 bits per heavy atom. The summed E-state index contributed by atoms with van der Waals surface area (Å²) in [5.41, 5.74) is 0. The Morgan fingerprint density at radius 3 is 1.67 bits per heavy atom. The summed E-state index contributed by atoms with van der Waals surface area (Å²) in [5, 5.41) is 7.42. The maximum atomic E-state index is 9.00. The number of hydrogen-bond acceptors (Lipinski definition) is 3. The maximum absolute atomic E-state index is 9.00. The molecule has 1 N–H and O–H groups in total. The van der Waals surface area contributed by atoms with Crippen molar-refractivity contribution in [3.63, 3.8) is 0 Å². The molecule has 0 aliphatic carbocycles. The van der Waals surface area contributed by atoms with Gasteiger partial charge in [0.2, 0.25) is 0 Å². The van der Waals surface area contributed by atoms with Gasteiger partial charge in [0.05, 0.1) is 0 Å². The van der Waals surface area contributed by atoms with Gasteiger partial charge in [0, 0.05) is 32.4 Å². The second-order valence-electron chi connectivity index (χ2n) is 1.18. The smallest absolute Gasteiger partial charge is 0.300 e. The van der Waals surface area contributed by atoms with Crippen molar-refractivity contribution in [2.24, 2.45) is 0 Å². The number of aryl methyl sites for hydroxylation is 1. The first-order chi connectivity index (χ1) is 3.63. The first kappa shape index (κ1) is 11.4. The predicted octanol–water partition coefficient (Wildman–Crippen LogP) is 0.988. The molecule has 0 saturated carbocycles. The van der Waals surface area contributed by atoms with Gasteiger partial charge in [-0.2, -0.15) is 0 Å².